The molecule has 0 atom stereocenters. The van der Waals surface area contributed by atoms with Gasteiger partial charge in [-0.15, -0.1) is 0 Å². The average molecular weight is 339 g/mol. The zero-order valence-electron chi connectivity index (χ0n) is 14.8. The summed E-state index contributed by atoms with van der Waals surface area (Å²) in [5.41, 5.74) is 2.55. The highest BCUT2D eigenvalue weighted by Crippen LogP contribution is 2.23. The van der Waals surface area contributed by atoms with E-state index in [9.17, 15) is 4.79 Å². The highest BCUT2D eigenvalue weighted by Gasteiger charge is 2.12. The predicted octanol–water partition coefficient (Wildman–Crippen LogP) is 3.35. The number of carbonyl (C=O) groups is 1. The number of amides is 1. The summed E-state index contributed by atoms with van der Waals surface area (Å²) in [6.45, 7) is 6.10. The summed E-state index contributed by atoms with van der Waals surface area (Å²) in [5.74, 6) is 0.413. The summed E-state index contributed by atoms with van der Waals surface area (Å²) < 4.78 is 0. The number of anilines is 3. The van der Waals surface area contributed by atoms with Crippen LogP contribution >= 0.6 is 0 Å². The fourth-order valence-electron chi connectivity index (χ4n) is 2.94. The summed E-state index contributed by atoms with van der Waals surface area (Å²) in [6.07, 6.45) is 5.26. The first-order chi connectivity index (χ1) is 12.1. The van der Waals surface area contributed by atoms with Gasteiger partial charge in [-0.2, -0.15) is 0 Å². The van der Waals surface area contributed by atoms with Gasteiger partial charge in [0.05, 0.1) is 0 Å². The van der Waals surface area contributed by atoms with Gasteiger partial charge in [0.15, 0.2) is 0 Å². The van der Waals surface area contributed by atoms with Gasteiger partial charge in [-0.1, -0.05) is 0 Å². The third-order valence-electron chi connectivity index (χ3n) is 4.18. The van der Waals surface area contributed by atoms with Crippen LogP contribution in [-0.4, -0.2) is 35.0 Å². The van der Waals surface area contributed by atoms with Crippen molar-refractivity contribution in [2.75, 3.05) is 23.3 Å². The van der Waals surface area contributed by atoms with Gasteiger partial charge in [-0.05, 0) is 57.4 Å². The van der Waals surface area contributed by atoms with Gasteiger partial charge in [0, 0.05) is 36.6 Å². The van der Waals surface area contributed by atoms with Crippen molar-refractivity contribution in [1.29, 1.82) is 0 Å². The Morgan fingerprint density at radius 2 is 1.80 bits per heavy atom. The van der Waals surface area contributed by atoms with E-state index in [1.165, 1.54) is 31.3 Å². The second-order valence-electron chi connectivity index (χ2n) is 6.64. The van der Waals surface area contributed by atoms with Crippen molar-refractivity contribution in [2.24, 2.45) is 0 Å². The van der Waals surface area contributed by atoms with E-state index < -0.39 is 0 Å². The SMILES string of the molecule is CC(C)NC(=O)c1cc(Nc2ccc(N3CCCCC3)cc2)ncn1. The van der Waals surface area contributed by atoms with Crippen LogP contribution in [0.4, 0.5) is 17.2 Å². The Balaban J connectivity index is 1.66. The van der Waals surface area contributed by atoms with Gasteiger partial charge in [0.1, 0.15) is 17.8 Å². The molecule has 1 aliphatic heterocycles. The lowest BCUT2D eigenvalue weighted by molar-refractivity contribution is 0.0938. The number of hydrogen-bond acceptors (Lipinski definition) is 5. The van der Waals surface area contributed by atoms with Crippen LogP contribution in [0.3, 0.4) is 0 Å². The minimum atomic E-state index is -0.194. The van der Waals surface area contributed by atoms with E-state index in [1.54, 1.807) is 6.07 Å². The van der Waals surface area contributed by atoms with Crippen molar-refractivity contribution in [2.45, 2.75) is 39.2 Å². The summed E-state index contributed by atoms with van der Waals surface area (Å²) in [5, 5.41) is 6.06. The largest absolute Gasteiger partial charge is 0.372 e. The number of hydrogen-bond donors (Lipinski definition) is 2. The van der Waals surface area contributed by atoms with Gasteiger partial charge in [-0.25, -0.2) is 9.97 Å². The van der Waals surface area contributed by atoms with Crippen molar-refractivity contribution in [3.63, 3.8) is 0 Å². The van der Waals surface area contributed by atoms with Crippen molar-refractivity contribution in [3.8, 4) is 0 Å². The Hall–Kier alpha value is -2.63. The molecule has 1 aromatic heterocycles. The number of rotatable bonds is 5. The number of aromatic nitrogens is 2. The lowest BCUT2D eigenvalue weighted by Gasteiger charge is -2.28. The topological polar surface area (TPSA) is 70.2 Å². The van der Waals surface area contributed by atoms with Crippen LogP contribution < -0.4 is 15.5 Å². The lowest BCUT2D eigenvalue weighted by atomic mass is 10.1. The minimum Gasteiger partial charge on any atom is -0.372 e. The Labute approximate surface area is 148 Å². The van der Waals surface area contributed by atoms with E-state index in [0.29, 0.717) is 11.5 Å². The molecule has 1 amide bonds. The lowest BCUT2D eigenvalue weighted by Crippen LogP contribution is -2.30. The first kappa shape index (κ1) is 17.2. The number of piperidine rings is 1. The average Bonchev–Trinajstić information content (AvgIpc) is 2.63. The second kappa shape index (κ2) is 7.96. The first-order valence-corrected chi connectivity index (χ1v) is 8.87. The molecule has 0 bridgehead atoms. The molecule has 0 unspecified atom stereocenters. The highest BCUT2D eigenvalue weighted by atomic mass is 16.1. The molecule has 1 aromatic carbocycles. The molecule has 6 nitrogen and oxygen atoms in total. The van der Waals surface area contributed by atoms with Gasteiger partial charge >= 0.3 is 0 Å². The van der Waals surface area contributed by atoms with Crippen molar-refractivity contribution in [3.05, 3.63) is 42.4 Å². The molecule has 1 fully saturated rings. The Kier molecular flexibility index (Phi) is 5.48. The smallest absolute Gasteiger partial charge is 0.270 e. The van der Waals surface area contributed by atoms with Crippen LogP contribution in [0.2, 0.25) is 0 Å². The van der Waals surface area contributed by atoms with E-state index in [-0.39, 0.29) is 11.9 Å². The molecule has 1 saturated heterocycles. The highest BCUT2D eigenvalue weighted by molar-refractivity contribution is 5.93. The molecule has 1 aliphatic rings. The fourth-order valence-corrected chi connectivity index (χ4v) is 2.94. The molecule has 0 spiro atoms. The molecule has 2 heterocycles. The molecule has 6 heteroatoms. The second-order valence-corrected chi connectivity index (χ2v) is 6.64. The molecule has 3 rings (SSSR count). The summed E-state index contributed by atoms with van der Waals surface area (Å²) in [6, 6.07) is 10.1. The van der Waals surface area contributed by atoms with Crippen LogP contribution in [0, 0.1) is 0 Å². The molecule has 0 saturated carbocycles. The van der Waals surface area contributed by atoms with E-state index >= 15 is 0 Å². The monoisotopic (exact) mass is 339 g/mol. The van der Waals surface area contributed by atoms with Crippen molar-refractivity contribution >= 4 is 23.1 Å². The molecule has 132 valence electrons. The number of benzene rings is 1. The summed E-state index contributed by atoms with van der Waals surface area (Å²) in [4.78, 5) is 22.7. The maximum atomic E-state index is 12.0. The fraction of sp³-hybridized carbons (Fsp3) is 0.421. The number of carbonyl (C=O) groups excluding carboxylic acids is 1. The predicted molar refractivity (Wildman–Crippen MR) is 100 cm³/mol. The Morgan fingerprint density at radius 3 is 2.48 bits per heavy atom. The minimum absolute atomic E-state index is 0.0706. The van der Waals surface area contributed by atoms with Gasteiger partial charge in [-0.3, -0.25) is 4.79 Å². The zero-order valence-corrected chi connectivity index (χ0v) is 14.8. The summed E-state index contributed by atoms with van der Waals surface area (Å²) >= 11 is 0. The standard InChI is InChI=1S/C19H25N5O/c1-14(2)22-19(25)17-12-18(21-13-20-17)23-15-6-8-16(9-7-15)24-10-4-3-5-11-24/h6-9,12-14H,3-5,10-11H2,1-2H3,(H,22,25)(H,20,21,23). The van der Waals surface area contributed by atoms with E-state index in [1.807, 2.05) is 26.0 Å². The van der Waals surface area contributed by atoms with Gasteiger partial charge < -0.3 is 15.5 Å². The van der Waals surface area contributed by atoms with Crippen LogP contribution in [0.25, 0.3) is 0 Å². The van der Waals surface area contributed by atoms with E-state index in [0.717, 1.165) is 18.8 Å². The molecule has 25 heavy (non-hydrogen) atoms. The van der Waals surface area contributed by atoms with Crippen LogP contribution in [0.15, 0.2) is 36.7 Å². The van der Waals surface area contributed by atoms with Crippen LogP contribution in [0.1, 0.15) is 43.6 Å². The van der Waals surface area contributed by atoms with Gasteiger partial charge in [0.25, 0.3) is 5.91 Å². The summed E-state index contributed by atoms with van der Waals surface area (Å²) in [7, 11) is 0. The van der Waals surface area contributed by atoms with Crippen molar-refractivity contribution < 1.29 is 4.79 Å². The van der Waals surface area contributed by atoms with E-state index in [2.05, 4.69) is 37.6 Å². The van der Waals surface area contributed by atoms with Crippen molar-refractivity contribution in [1.82, 2.24) is 15.3 Å². The van der Waals surface area contributed by atoms with E-state index in [4.69, 9.17) is 0 Å². The number of nitrogens with zero attached hydrogens (tertiary/aromatic N) is 3. The molecule has 2 aromatic rings. The number of nitrogens with one attached hydrogen (secondary N) is 2. The molecule has 0 radical (unpaired) electrons. The quantitative estimate of drug-likeness (QED) is 0.874. The Bertz CT molecular complexity index is 708. The third-order valence-corrected chi connectivity index (χ3v) is 4.18. The maximum absolute atomic E-state index is 12.0. The Morgan fingerprint density at radius 1 is 1.08 bits per heavy atom. The van der Waals surface area contributed by atoms with Crippen LogP contribution in [0.5, 0.6) is 0 Å². The van der Waals surface area contributed by atoms with Crippen LogP contribution in [-0.2, 0) is 0 Å². The maximum Gasteiger partial charge on any atom is 0.270 e. The zero-order chi connectivity index (χ0) is 17.6. The molecular formula is C19H25N5O. The molecular weight excluding hydrogens is 314 g/mol. The third kappa shape index (κ3) is 4.68. The first-order valence-electron chi connectivity index (χ1n) is 8.87. The molecule has 0 aliphatic carbocycles. The molecule has 2 N–H and O–H groups in total. The normalized spacial score (nSPS) is 14.4. The van der Waals surface area contributed by atoms with Gasteiger partial charge in [0.2, 0.25) is 0 Å².